The van der Waals surface area contributed by atoms with Gasteiger partial charge in [0.05, 0.1) is 22.9 Å². The Morgan fingerprint density at radius 3 is 2.56 bits per heavy atom. The summed E-state index contributed by atoms with van der Waals surface area (Å²) in [5.74, 6) is 0.525. The van der Waals surface area contributed by atoms with E-state index in [1.54, 1.807) is 42.5 Å². The standard InChI is InChI=1S/C20H18N2O4S/c1-13-3-6-16(7-4-13)27(23,24)22-11-14(2)17(10-21)20(22)15-5-8-18-19(9-15)26-12-25-18/h3-9,17,20H,2,11-12H2,1H3/t17-,20-/m1/s1. The van der Waals surface area contributed by atoms with Gasteiger partial charge in [-0.15, -0.1) is 0 Å². The van der Waals surface area contributed by atoms with E-state index in [2.05, 4.69) is 12.6 Å². The molecular weight excluding hydrogens is 364 g/mol. The van der Waals surface area contributed by atoms with Gasteiger partial charge in [0.1, 0.15) is 0 Å². The molecule has 2 heterocycles. The minimum Gasteiger partial charge on any atom is -0.454 e. The number of hydrogen-bond donors (Lipinski definition) is 0. The average molecular weight is 382 g/mol. The highest BCUT2D eigenvalue weighted by atomic mass is 32.2. The number of rotatable bonds is 3. The third-order valence-corrected chi connectivity index (χ3v) is 6.77. The van der Waals surface area contributed by atoms with Crippen molar-refractivity contribution in [1.82, 2.24) is 4.31 Å². The summed E-state index contributed by atoms with van der Waals surface area (Å²) in [4.78, 5) is 0.199. The molecule has 0 amide bonds. The van der Waals surface area contributed by atoms with Crippen LogP contribution in [-0.4, -0.2) is 26.1 Å². The number of ether oxygens (including phenoxy) is 2. The highest BCUT2D eigenvalue weighted by molar-refractivity contribution is 7.89. The molecule has 0 spiro atoms. The number of sulfonamides is 1. The number of aryl methyl sites for hydroxylation is 1. The molecule has 0 aliphatic carbocycles. The molecule has 138 valence electrons. The van der Waals surface area contributed by atoms with Gasteiger partial charge >= 0.3 is 0 Å². The predicted molar refractivity (Wildman–Crippen MR) is 98.6 cm³/mol. The molecule has 0 saturated carbocycles. The van der Waals surface area contributed by atoms with Crippen LogP contribution in [0.15, 0.2) is 59.5 Å². The topological polar surface area (TPSA) is 79.6 Å². The summed E-state index contributed by atoms with van der Waals surface area (Å²) < 4.78 is 38.7. The zero-order valence-electron chi connectivity index (χ0n) is 14.8. The molecule has 1 saturated heterocycles. The van der Waals surface area contributed by atoms with Crippen LogP contribution in [-0.2, 0) is 10.0 Å². The second kappa shape index (κ2) is 6.41. The van der Waals surface area contributed by atoms with E-state index in [1.807, 2.05) is 6.92 Å². The fourth-order valence-electron chi connectivity index (χ4n) is 3.48. The molecular formula is C20H18N2O4S. The molecule has 4 rings (SSSR count). The fraction of sp³-hybridized carbons (Fsp3) is 0.250. The van der Waals surface area contributed by atoms with Crippen LogP contribution in [0.2, 0.25) is 0 Å². The van der Waals surface area contributed by atoms with E-state index in [9.17, 15) is 13.7 Å². The molecule has 2 atom stereocenters. The van der Waals surface area contributed by atoms with E-state index in [1.165, 1.54) is 4.31 Å². The lowest BCUT2D eigenvalue weighted by Crippen LogP contribution is -2.32. The Bertz CT molecular complexity index is 1050. The second-order valence-corrected chi connectivity index (χ2v) is 8.58. The quantitative estimate of drug-likeness (QED) is 0.762. The molecule has 7 heteroatoms. The van der Waals surface area contributed by atoms with Gasteiger partial charge in [-0.25, -0.2) is 8.42 Å². The largest absolute Gasteiger partial charge is 0.454 e. The van der Waals surface area contributed by atoms with E-state index >= 15 is 0 Å². The zero-order chi connectivity index (χ0) is 19.2. The SMILES string of the molecule is C=C1CN(S(=O)(=O)c2ccc(C)cc2)[C@H](c2ccc3c(c2)OCO3)[C@@H]1C#N. The highest BCUT2D eigenvalue weighted by Gasteiger charge is 2.45. The summed E-state index contributed by atoms with van der Waals surface area (Å²) in [5.41, 5.74) is 2.23. The van der Waals surface area contributed by atoms with E-state index in [0.29, 0.717) is 22.6 Å². The zero-order valence-corrected chi connectivity index (χ0v) is 15.6. The van der Waals surface area contributed by atoms with Crippen molar-refractivity contribution in [1.29, 1.82) is 5.26 Å². The summed E-state index contributed by atoms with van der Waals surface area (Å²) in [6.07, 6.45) is 0. The molecule has 0 radical (unpaired) electrons. The minimum atomic E-state index is -3.79. The molecule has 0 N–H and O–H groups in total. The Kier molecular flexibility index (Phi) is 4.17. The van der Waals surface area contributed by atoms with E-state index in [0.717, 1.165) is 5.56 Å². The summed E-state index contributed by atoms with van der Waals surface area (Å²) >= 11 is 0. The Morgan fingerprint density at radius 1 is 1.15 bits per heavy atom. The molecule has 2 aliphatic rings. The smallest absolute Gasteiger partial charge is 0.243 e. The summed E-state index contributed by atoms with van der Waals surface area (Å²) in [5, 5.41) is 9.66. The van der Waals surface area contributed by atoms with Crippen LogP contribution in [0.5, 0.6) is 11.5 Å². The van der Waals surface area contributed by atoms with Gasteiger partial charge in [0, 0.05) is 6.54 Å². The van der Waals surface area contributed by atoms with Gasteiger partial charge in [0.2, 0.25) is 16.8 Å². The Balaban J connectivity index is 1.80. The van der Waals surface area contributed by atoms with Gasteiger partial charge in [-0.3, -0.25) is 0 Å². The Morgan fingerprint density at radius 2 is 1.85 bits per heavy atom. The Labute approximate surface area is 158 Å². The number of hydrogen-bond acceptors (Lipinski definition) is 5. The van der Waals surface area contributed by atoms with Crippen LogP contribution >= 0.6 is 0 Å². The van der Waals surface area contributed by atoms with Gasteiger partial charge in [-0.2, -0.15) is 9.57 Å². The van der Waals surface area contributed by atoms with Gasteiger partial charge in [0.25, 0.3) is 0 Å². The maximum absolute atomic E-state index is 13.3. The van der Waals surface area contributed by atoms with Crippen molar-refractivity contribution in [3.05, 3.63) is 65.7 Å². The van der Waals surface area contributed by atoms with Crippen LogP contribution in [0, 0.1) is 24.2 Å². The number of fused-ring (bicyclic) bond motifs is 1. The molecule has 0 unspecified atom stereocenters. The maximum atomic E-state index is 13.3. The van der Waals surface area contributed by atoms with Crippen LogP contribution in [0.25, 0.3) is 0 Å². The molecule has 6 nitrogen and oxygen atoms in total. The van der Waals surface area contributed by atoms with Gasteiger partial charge in [0.15, 0.2) is 11.5 Å². The fourth-order valence-corrected chi connectivity index (χ4v) is 5.11. The molecule has 2 aliphatic heterocycles. The number of benzene rings is 2. The maximum Gasteiger partial charge on any atom is 0.243 e. The molecule has 0 bridgehead atoms. The Hall–Kier alpha value is -2.82. The third-order valence-electron chi connectivity index (χ3n) is 4.93. The predicted octanol–water partition coefficient (Wildman–Crippen LogP) is 3.17. The summed E-state index contributed by atoms with van der Waals surface area (Å²) in [6.45, 7) is 6.07. The van der Waals surface area contributed by atoms with Crippen molar-refractivity contribution in [2.75, 3.05) is 13.3 Å². The van der Waals surface area contributed by atoms with Crippen LogP contribution in [0.1, 0.15) is 17.2 Å². The normalized spacial score (nSPS) is 22.0. The van der Waals surface area contributed by atoms with E-state index < -0.39 is 22.0 Å². The van der Waals surface area contributed by atoms with Crippen LogP contribution < -0.4 is 9.47 Å². The summed E-state index contributed by atoms with van der Waals surface area (Å²) in [7, 11) is -3.79. The molecule has 1 fully saturated rings. The van der Waals surface area contributed by atoms with Crippen molar-refractivity contribution in [3.8, 4) is 17.6 Å². The van der Waals surface area contributed by atoms with Crippen LogP contribution in [0.3, 0.4) is 0 Å². The molecule has 2 aromatic carbocycles. The lowest BCUT2D eigenvalue weighted by molar-refractivity contribution is 0.174. The summed E-state index contributed by atoms with van der Waals surface area (Å²) in [6, 6.07) is 13.5. The monoisotopic (exact) mass is 382 g/mol. The third kappa shape index (κ3) is 2.87. The van der Waals surface area contributed by atoms with Gasteiger partial charge < -0.3 is 9.47 Å². The molecule has 2 aromatic rings. The van der Waals surface area contributed by atoms with Crippen molar-refractivity contribution in [2.45, 2.75) is 17.9 Å². The molecule has 0 aromatic heterocycles. The van der Waals surface area contributed by atoms with Crippen molar-refractivity contribution >= 4 is 10.0 Å². The van der Waals surface area contributed by atoms with Crippen LogP contribution in [0.4, 0.5) is 0 Å². The first kappa shape index (κ1) is 17.6. The van der Waals surface area contributed by atoms with E-state index in [4.69, 9.17) is 9.47 Å². The first-order valence-electron chi connectivity index (χ1n) is 8.47. The second-order valence-electron chi connectivity index (χ2n) is 6.69. The lowest BCUT2D eigenvalue weighted by atomic mass is 9.93. The first-order chi connectivity index (χ1) is 12.9. The van der Waals surface area contributed by atoms with Gasteiger partial charge in [-0.1, -0.05) is 30.3 Å². The average Bonchev–Trinajstić information content (AvgIpc) is 3.25. The number of nitriles is 1. The first-order valence-corrected chi connectivity index (χ1v) is 9.91. The minimum absolute atomic E-state index is 0.105. The highest BCUT2D eigenvalue weighted by Crippen LogP contribution is 2.45. The van der Waals surface area contributed by atoms with Crippen molar-refractivity contribution < 1.29 is 17.9 Å². The van der Waals surface area contributed by atoms with E-state index in [-0.39, 0.29) is 18.2 Å². The van der Waals surface area contributed by atoms with Crippen molar-refractivity contribution in [3.63, 3.8) is 0 Å². The van der Waals surface area contributed by atoms with Gasteiger partial charge in [-0.05, 0) is 42.3 Å². The van der Waals surface area contributed by atoms with Crippen molar-refractivity contribution in [2.24, 2.45) is 5.92 Å². The molecule has 27 heavy (non-hydrogen) atoms. The lowest BCUT2D eigenvalue weighted by Gasteiger charge is -2.25. The number of nitrogens with zero attached hydrogens (tertiary/aromatic N) is 2.